The molecule has 0 spiro atoms. The zero-order valence-corrected chi connectivity index (χ0v) is 11.4. The Morgan fingerprint density at radius 1 is 0.810 bits per heavy atom. The molecule has 3 aromatic rings. The highest BCUT2D eigenvalue weighted by Crippen LogP contribution is 2.33. The van der Waals surface area contributed by atoms with E-state index in [9.17, 15) is 9.18 Å². The molecule has 0 aliphatic heterocycles. The van der Waals surface area contributed by atoms with Crippen LogP contribution in [0.25, 0.3) is 10.8 Å². The van der Waals surface area contributed by atoms with Gasteiger partial charge >= 0.3 is 0 Å². The fourth-order valence-corrected chi connectivity index (χ4v) is 3.24. The van der Waals surface area contributed by atoms with Crippen molar-refractivity contribution in [2.75, 3.05) is 0 Å². The minimum Gasteiger partial charge on any atom is -0.288 e. The zero-order chi connectivity index (χ0) is 14.4. The van der Waals surface area contributed by atoms with Gasteiger partial charge in [0.25, 0.3) is 0 Å². The molecule has 0 heterocycles. The van der Waals surface area contributed by atoms with Gasteiger partial charge in [-0.15, -0.1) is 0 Å². The second-order valence-corrected chi connectivity index (χ2v) is 5.42. The smallest absolute Gasteiger partial charge is 0.196 e. The summed E-state index contributed by atoms with van der Waals surface area (Å²) in [6, 6.07) is 16.0. The maximum absolute atomic E-state index is 13.9. The molecule has 0 atom stereocenters. The van der Waals surface area contributed by atoms with E-state index >= 15 is 0 Å². The van der Waals surface area contributed by atoms with Crippen LogP contribution in [0.15, 0.2) is 54.6 Å². The molecule has 1 aliphatic rings. The average molecular weight is 276 g/mol. The number of halogens is 1. The third-order valence-electron chi connectivity index (χ3n) is 4.24. The monoisotopic (exact) mass is 276 g/mol. The van der Waals surface area contributed by atoms with E-state index in [1.54, 1.807) is 18.2 Å². The second kappa shape index (κ2) is 4.52. The number of carbonyl (C=O) groups is 1. The minimum absolute atomic E-state index is 0.135. The van der Waals surface area contributed by atoms with Crippen molar-refractivity contribution in [2.45, 2.75) is 12.8 Å². The molecule has 0 radical (unpaired) electrons. The Labute approximate surface area is 122 Å². The minimum atomic E-state index is -0.467. The van der Waals surface area contributed by atoms with Gasteiger partial charge in [0.2, 0.25) is 0 Å². The van der Waals surface area contributed by atoms with Crippen LogP contribution in [0, 0.1) is 5.82 Å². The summed E-state index contributed by atoms with van der Waals surface area (Å²) in [4.78, 5) is 12.7. The first kappa shape index (κ1) is 12.3. The first-order valence-corrected chi connectivity index (χ1v) is 7.08. The van der Waals surface area contributed by atoms with Gasteiger partial charge in [0, 0.05) is 5.56 Å². The summed E-state index contributed by atoms with van der Waals surface area (Å²) >= 11 is 0. The van der Waals surface area contributed by atoms with E-state index in [1.165, 1.54) is 22.6 Å². The zero-order valence-electron chi connectivity index (χ0n) is 11.4. The third-order valence-corrected chi connectivity index (χ3v) is 4.24. The number of rotatable bonds is 2. The lowest BCUT2D eigenvalue weighted by Crippen LogP contribution is -2.05. The van der Waals surface area contributed by atoms with Crippen LogP contribution in [0.5, 0.6) is 0 Å². The number of benzene rings is 3. The van der Waals surface area contributed by atoms with Crippen molar-refractivity contribution in [3.63, 3.8) is 0 Å². The molecule has 1 nitrogen and oxygen atoms in total. The van der Waals surface area contributed by atoms with Gasteiger partial charge in [-0.25, -0.2) is 4.39 Å². The molecule has 0 unspecified atom stereocenters. The van der Waals surface area contributed by atoms with Gasteiger partial charge in [-0.1, -0.05) is 42.5 Å². The fraction of sp³-hybridized carbons (Fsp3) is 0.105. The molecule has 4 rings (SSSR count). The molecule has 0 fully saturated rings. The third kappa shape index (κ3) is 1.79. The first-order valence-electron chi connectivity index (χ1n) is 7.08. The molecular formula is C19H13FO. The van der Waals surface area contributed by atoms with Crippen molar-refractivity contribution >= 4 is 16.6 Å². The van der Waals surface area contributed by atoms with Gasteiger partial charge in [0.05, 0.1) is 5.56 Å². The Morgan fingerprint density at radius 2 is 1.57 bits per heavy atom. The normalized spacial score (nSPS) is 12.8. The van der Waals surface area contributed by atoms with Crippen LogP contribution >= 0.6 is 0 Å². The van der Waals surface area contributed by atoms with Crippen LogP contribution in [-0.4, -0.2) is 5.78 Å². The SMILES string of the molecule is O=C(c1ccccc1F)c1ccc2c3c(cccc13)CC2. The van der Waals surface area contributed by atoms with Crippen molar-refractivity contribution in [3.8, 4) is 0 Å². The van der Waals surface area contributed by atoms with Gasteiger partial charge < -0.3 is 0 Å². The Morgan fingerprint density at radius 3 is 2.38 bits per heavy atom. The lowest BCUT2D eigenvalue weighted by Gasteiger charge is -2.09. The van der Waals surface area contributed by atoms with Crippen molar-refractivity contribution in [1.29, 1.82) is 0 Å². The predicted octanol–water partition coefficient (Wildman–Crippen LogP) is 4.31. The molecule has 3 aromatic carbocycles. The average Bonchev–Trinajstić information content (AvgIpc) is 2.93. The number of hydrogen-bond donors (Lipinski definition) is 0. The Balaban J connectivity index is 1.97. The summed E-state index contributed by atoms with van der Waals surface area (Å²) in [5, 5.41) is 2.12. The van der Waals surface area contributed by atoms with E-state index in [0.717, 1.165) is 18.2 Å². The standard InChI is InChI=1S/C19H13FO/c20-17-7-2-1-5-16(17)19(21)15-11-10-13-9-8-12-4-3-6-14(15)18(12)13/h1-7,10-11H,8-9H2. The molecule has 2 heteroatoms. The van der Waals surface area contributed by atoms with Crippen LogP contribution in [0.4, 0.5) is 4.39 Å². The molecule has 0 bridgehead atoms. The first-order chi connectivity index (χ1) is 10.3. The summed E-state index contributed by atoms with van der Waals surface area (Å²) < 4.78 is 13.9. The molecule has 0 aromatic heterocycles. The summed E-state index contributed by atoms with van der Waals surface area (Å²) in [5.74, 6) is -0.713. The molecule has 0 N–H and O–H groups in total. The summed E-state index contributed by atoms with van der Waals surface area (Å²) in [6.45, 7) is 0. The molecule has 0 amide bonds. The van der Waals surface area contributed by atoms with E-state index < -0.39 is 5.82 Å². The number of hydrogen-bond acceptors (Lipinski definition) is 1. The Kier molecular flexibility index (Phi) is 2.64. The quantitative estimate of drug-likeness (QED) is 0.637. The van der Waals surface area contributed by atoms with Crippen molar-refractivity contribution in [1.82, 2.24) is 0 Å². The van der Waals surface area contributed by atoms with Crippen LogP contribution in [0.1, 0.15) is 27.0 Å². The van der Waals surface area contributed by atoms with Crippen LogP contribution in [-0.2, 0) is 12.8 Å². The van der Waals surface area contributed by atoms with E-state index in [1.807, 2.05) is 24.3 Å². The summed E-state index contributed by atoms with van der Waals surface area (Å²) in [7, 11) is 0. The topological polar surface area (TPSA) is 17.1 Å². The van der Waals surface area contributed by atoms with Crippen molar-refractivity contribution < 1.29 is 9.18 Å². The maximum atomic E-state index is 13.9. The second-order valence-electron chi connectivity index (χ2n) is 5.42. The van der Waals surface area contributed by atoms with E-state index in [0.29, 0.717) is 5.56 Å². The van der Waals surface area contributed by atoms with Gasteiger partial charge in [-0.3, -0.25) is 4.79 Å². The lowest BCUT2D eigenvalue weighted by atomic mass is 9.94. The van der Waals surface area contributed by atoms with Gasteiger partial charge in [0.1, 0.15) is 5.82 Å². The predicted molar refractivity (Wildman–Crippen MR) is 81.2 cm³/mol. The molecule has 102 valence electrons. The fourth-order valence-electron chi connectivity index (χ4n) is 3.24. The van der Waals surface area contributed by atoms with E-state index in [4.69, 9.17) is 0 Å². The molecule has 21 heavy (non-hydrogen) atoms. The number of carbonyl (C=O) groups excluding carboxylic acids is 1. The Hall–Kier alpha value is -2.48. The molecule has 0 saturated heterocycles. The van der Waals surface area contributed by atoms with Crippen molar-refractivity contribution in [2.24, 2.45) is 0 Å². The van der Waals surface area contributed by atoms with Gasteiger partial charge in [-0.05, 0) is 46.9 Å². The largest absolute Gasteiger partial charge is 0.288 e. The summed E-state index contributed by atoms with van der Waals surface area (Å²) in [5.41, 5.74) is 3.29. The Bertz CT molecular complexity index is 870. The van der Waals surface area contributed by atoms with Crippen LogP contribution in [0.3, 0.4) is 0 Å². The molecule has 1 aliphatic carbocycles. The molecule has 0 saturated carbocycles. The molecular weight excluding hydrogens is 263 g/mol. The highest BCUT2D eigenvalue weighted by Gasteiger charge is 2.20. The van der Waals surface area contributed by atoms with Gasteiger partial charge in [0.15, 0.2) is 5.78 Å². The lowest BCUT2D eigenvalue weighted by molar-refractivity contribution is 0.103. The van der Waals surface area contributed by atoms with Crippen LogP contribution < -0.4 is 0 Å². The van der Waals surface area contributed by atoms with E-state index in [-0.39, 0.29) is 11.3 Å². The summed E-state index contributed by atoms with van der Waals surface area (Å²) in [6.07, 6.45) is 2.04. The number of ketones is 1. The maximum Gasteiger partial charge on any atom is 0.196 e. The highest BCUT2D eigenvalue weighted by atomic mass is 19.1. The van der Waals surface area contributed by atoms with Crippen molar-refractivity contribution in [3.05, 3.63) is 82.7 Å². The highest BCUT2D eigenvalue weighted by molar-refractivity contribution is 6.17. The van der Waals surface area contributed by atoms with E-state index in [2.05, 4.69) is 6.07 Å². The van der Waals surface area contributed by atoms with Crippen LogP contribution in [0.2, 0.25) is 0 Å². The van der Waals surface area contributed by atoms with Gasteiger partial charge in [-0.2, -0.15) is 0 Å². The number of aryl methyl sites for hydroxylation is 2.